The molecule has 0 atom stereocenters. The van der Waals surface area contributed by atoms with E-state index in [1.165, 1.54) is 12.1 Å². The first kappa shape index (κ1) is 18.1. The van der Waals surface area contributed by atoms with Crippen molar-refractivity contribution in [2.45, 2.75) is 19.8 Å². The summed E-state index contributed by atoms with van der Waals surface area (Å²) in [7, 11) is 0. The van der Waals surface area contributed by atoms with Crippen LogP contribution >= 0.6 is 15.9 Å². The van der Waals surface area contributed by atoms with Gasteiger partial charge in [0.2, 0.25) is 0 Å². The molecule has 6 heteroatoms. The summed E-state index contributed by atoms with van der Waals surface area (Å²) in [4.78, 5) is 24.0. The van der Waals surface area contributed by atoms with Gasteiger partial charge in [-0.25, -0.2) is 9.18 Å². The SMILES string of the molecule is CCCCOC(=O)c1ccc(NC(=O)c2cc(F)ccc2Br)cc1. The van der Waals surface area contributed by atoms with Crippen LogP contribution in [0.3, 0.4) is 0 Å². The molecule has 0 saturated heterocycles. The Kier molecular flexibility index (Phi) is 6.49. The quantitative estimate of drug-likeness (QED) is 0.566. The normalized spacial score (nSPS) is 10.3. The van der Waals surface area contributed by atoms with Gasteiger partial charge in [0.15, 0.2) is 0 Å². The molecular weight excluding hydrogens is 377 g/mol. The van der Waals surface area contributed by atoms with Gasteiger partial charge < -0.3 is 10.1 Å². The highest BCUT2D eigenvalue weighted by Crippen LogP contribution is 2.20. The van der Waals surface area contributed by atoms with E-state index in [4.69, 9.17) is 4.74 Å². The summed E-state index contributed by atoms with van der Waals surface area (Å²) in [5, 5.41) is 2.66. The minimum absolute atomic E-state index is 0.193. The maximum atomic E-state index is 13.3. The number of halogens is 2. The van der Waals surface area contributed by atoms with E-state index in [-0.39, 0.29) is 5.56 Å². The van der Waals surface area contributed by atoms with Gasteiger partial charge in [-0.3, -0.25) is 4.79 Å². The van der Waals surface area contributed by atoms with Crippen LogP contribution < -0.4 is 5.32 Å². The Bertz CT molecular complexity index is 732. The smallest absolute Gasteiger partial charge is 0.338 e. The van der Waals surface area contributed by atoms with E-state index < -0.39 is 17.7 Å². The number of rotatable bonds is 6. The van der Waals surface area contributed by atoms with Crippen LogP contribution in [0.2, 0.25) is 0 Å². The van der Waals surface area contributed by atoms with Crippen molar-refractivity contribution in [3.05, 3.63) is 63.9 Å². The molecule has 0 unspecified atom stereocenters. The van der Waals surface area contributed by atoms with Crippen molar-refractivity contribution in [1.82, 2.24) is 0 Å². The zero-order valence-corrected chi connectivity index (χ0v) is 14.7. The molecule has 1 N–H and O–H groups in total. The van der Waals surface area contributed by atoms with Crippen LogP contribution in [0.5, 0.6) is 0 Å². The number of amides is 1. The molecule has 0 aromatic heterocycles. The minimum Gasteiger partial charge on any atom is -0.462 e. The first-order chi connectivity index (χ1) is 11.5. The number of carbonyl (C=O) groups is 2. The van der Waals surface area contributed by atoms with Gasteiger partial charge in [0.1, 0.15) is 5.82 Å². The third kappa shape index (κ3) is 4.89. The highest BCUT2D eigenvalue weighted by molar-refractivity contribution is 9.10. The van der Waals surface area contributed by atoms with Gasteiger partial charge in [-0.15, -0.1) is 0 Å². The van der Waals surface area contributed by atoms with Crippen molar-refractivity contribution >= 4 is 33.5 Å². The monoisotopic (exact) mass is 393 g/mol. The molecule has 0 radical (unpaired) electrons. The number of ether oxygens (including phenoxy) is 1. The summed E-state index contributed by atoms with van der Waals surface area (Å²) < 4.78 is 18.9. The maximum absolute atomic E-state index is 13.3. The van der Waals surface area contributed by atoms with Gasteiger partial charge in [0, 0.05) is 10.2 Å². The van der Waals surface area contributed by atoms with Gasteiger partial charge in [-0.2, -0.15) is 0 Å². The predicted octanol–water partition coefficient (Wildman–Crippen LogP) is 4.80. The minimum atomic E-state index is -0.492. The molecule has 24 heavy (non-hydrogen) atoms. The Morgan fingerprint density at radius 2 is 1.88 bits per heavy atom. The lowest BCUT2D eigenvalue weighted by molar-refractivity contribution is 0.0499. The molecule has 126 valence electrons. The van der Waals surface area contributed by atoms with Gasteiger partial charge in [-0.05, 0) is 64.8 Å². The van der Waals surface area contributed by atoms with E-state index in [0.29, 0.717) is 22.3 Å². The van der Waals surface area contributed by atoms with Crippen LogP contribution in [0.15, 0.2) is 46.9 Å². The number of carbonyl (C=O) groups excluding carboxylic acids is 2. The molecule has 2 aromatic rings. The molecule has 0 aliphatic heterocycles. The Morgan fingerprint density at radius 1 is 1.17 bits per heavy atom. The van der Waals surface area contributed by atoms with E-state index in [1.54, 1.807) is 24.3 Å². The predicted molar refractivity (Wildman–Crippen MR) is 93.7 cm³/mol. The van der Waals surface area contributed by atoms with Crippen LogP contribution in [0.25, 0.3) is 0 Å². The van der Waals surface area contributed by atoms with Crippen LogP contribution in [-0.4, -0.2) is 18.5 Å². The molecule has 0 fully saturated rings. The zero-order valence-electron chi connectivity index (χ0n) is 13.1. The van der Waals surface area contributed by atoms with Crippen molar-refractivity contribution in [2.75, 3.05) is 11.9 Å². The topological polar surface area (TPSA) is 55.4 Å². The fourth-order valence-corrected chi connectivity index (χ4v) is 2.38. The van der Waals surface area contributed by atoms with Crippen LogP contribution in [0.1, 0.15) is 40.5 Å². The molecule has 1 amide bonds. The van der Waals surface area contributed by atoms with Gasteiger partial charge in [-0.1, -0.05) is 13.3 Å². The van der Waals surface area contributed by atoms with Gasteiger partial charge >= 0.3 is 5.97 Å². The second-order valence-electron chi connectivity index (χ2n) is 5.15. The maximum Gasteiger partial charge on any atom is 0.338 e. The average Bonchev–Trinajstić information content (AvgIpc) is 2.57. The average molecular weight is 394 g/mol. The van der Waals surface area contributed by atoms with Crippen molar-refractivity contribution < 1.29 is 18.7 Å². The number of unbranched alkanes of at least 4 members (excludes halogenated alkanes) is 1. The number of hydrogen-bond acceptors (Lipinski definition) is 3. The molecule has 2 rings (SSSR count). The zero-order chi connectivity index (χ0) is 17.5. The number of esters is 1. The van der Waals surface area contributed by atoms with Crippen molar-refractivity contribution in [1.29, 1.82) is 0 Å². The Labute approximate surface area is 148 Å². The van der Waals surface area contributed by atoms with Crippen LogP contribution in [0, 0.1) is 5.82 Å². The van der Waals surface area contributed by atoms with E-state index >= 15 is 0 Å². The first-order valence-electron chi connectivity index (χ1n) is 7.55. The summed E-state index contributed by atoms with van der Waals surface area (Å²) in [6.07, 6.45) is 1.77. The van der Waals surface area contributed by atoms with E-state index in [9.17, 15) is 14.0 Å². The van der Waals surface area contributed by atoms with Crippen LogP contribution in [-0.2, 0) is 4.74 Å². The molecule has 4 nitrogen and oxygen atoms in total. The second-order valence-corrected chi connectivity index (χ2v) is 6.00. The molecular formula is C18H17BrFNO3. The highest BCUT2D eigenvalue weighted by Gasteiger charge is 2.12. The largest absolute Gasteiger partial charge is 0.462 e. The second kappa shape index (κ2) is 8.59. The number of hydrogen-bond donors (Lipinski definition) is 1. The molecule has 0 aliphatic rings. The summed E-state index contributed by atoms with van der Waals surface area (Å²) in [6.45, 7) is 2.41. The van der Waals surface area contributed by atoms with Crippen molar-refractivity contribution in [3.63, 3.8) is 0 Å². The summed E-state index contributed by atoms with van der Waals surface area (Å²) in [6, 6.07) is 10.2. The molecule has 0 bridgehead atoms. The van der Waals surface area contributed by atoms with E-state index in [1.807, 2.05) is 6.92 Å². The third-order valence-corrected chi connectivity index (χ3v) is 3.97. The van der Waals surface area contributed by atoms with Crippen molar-refractivity contribution in [3.8, 4) is 0 Å². The van der Waals surface area contributed by atoms with E-state index in [2.05, 4.69) is 21.2 Å². The lowest BCUT2D eigenvalue weighted by Crippen LogP contribution is -2.13. The number of nitrogens with one attached hydrogen (secondary N) is 1. The first-order valence-corrected chi connectivity index (χ1v) is 8.34. The lowest BCUT2D eigenvalue weighted by atomic mass is 10.2. The number of anilines is 1. The summed E-state index contributed by atoms with van der Waals surface area (Å²) in [5.74, 6) is -1.33. The standard InChI is InChI=1S/C18H17BrFNO3/c1-2-3-10-24-18(23)12-4-7-14(8-5-12)21-17(22)15-11-13(20)6-9-16(15)19/h4-9,11H,2-3,10H2,1H3,(H,21,22). The lowest BCUT2D eigenvalue weighted by Gasteiger charge is -2.08. The van der Waals surface area contributed by atoms with Gasteiger partial charge in [0.05, 0.1) is 17.7 Å². The fraction of sp³-hybridized carbons (Fsp3) is 0.222. The molecule has 0 heterocycles. The molecule has 0 spiro atoms. The Morgan fingerprint density at radius 3 is 2.54 bits per heavy atom. The summed E-state index contributed by atoms with van der Waals surface area (Å²) >= 11 is 3.22. The summed E-state index contributed by atoms with van der Waals surface area (Å²) in [5.41, 5.74) is 1.11. The molecule has 0 saturated carbocycles. The number of benzene rings is 2. The van der Waals surface area contributed by atoms with Crippen LogP contribution in [0.4, 0.5) is 10.1 Å². The highest BCUT2D eigenvalue weighted by atomic mass is 79.9. The fourth-order valence-electron chi connectivity index (χ4n) is 1.95. The Hall–Kier alpha value is -2.21. The van der Waals surface area contributed by atoms with E-state index in [0.717, 1.165) is 18.9 Å². The molecule has 0 aliphatic carbocycles. The van der Waals surface area contributed by atoms with Gasteiger partial charge in [0.25, 0.3) is 5.91 Å². The third-order valence-electron chi connectivity index (χ3n) is 3.28. The Balaban J connectivity index is 2.02. The van der Waals surface area contributed by atoms with Crippen molar-refractivity contribution in [2.24, 2.45) is 0 Å². The molecule has 2 aromatic carbocycles.